The van der Waals surface area contributed by atoms with Crippen LogP contribution in [0.4, 0.5) is 5.69 Å². The van der Waals surface area contributed by atoms with E-state index in [0.29, 0.717) is 40.7 Å². The number of carbonyl (C=O) groups excluding carboxylic acids is 2. The van der Waals surface area contributed by atoms with Crippen molar-refractivity contribution in [2.75, 3.05) is 32.7 Å². The number of hydrogen-bond donors (Lipinski definition) is 1. The fraction of sp³-hybridized carbons (Fsp3) is 0.391. The summed E-state index contributed by atoms with van der Waals surface area (Å²) in [6, 6.07) is 10.4. The van der Waals surface area contributed by atoms with Crippen molar-refractivity contribution in [1.82, 2.24) is 4.90 Å². The number of rotatable bonds is 4. The van der Waals surface area contributed by atoms with E-state index in [4.69, 9.17) is 14.2 Å². The Morgan fingerprint density at radius 2 is 1.90 bits per heavy atom. The molecule has 0 aromatic heterocycles. The summed E-state index contributed by atoms with van der Waals surface area (Å²) in [6.07, 6.45) is 4.03. The van der Waals surface area contributed by atoms with Crippen LogP contribution in [0.1, 0.15) is 46.4 Å². The number of hydrogen-bond acceptors (Lipinski definition) is 5. The molecule has 7 heteroatoms. The van der Waals surface area contributed by atoms with Gasteiger partial charge in [-0.1, -0.05) is 0 Å². The average Bonchev–Trinajstić information content (AvgIpc) is 2.78. The van der Waals surface area contributed by atoms with E-state index in [2.05, 4.69) is 5.32 Å². The van der Waals surface area contributed by atoms with Crippen molar-refractivity contribution in [2.45, 2.75) is 31.7 Å². The number of fused-ring (bicyclic) bond motifs is 2. The molecule has 0 radical (unpaired) electrons. The predicted molar refractivity (Wildman–Crippen MR) is 113 cm³/mol. The van der Waals surface area contributed by atoms with Gasteiger partial charge in [0.25, 0.3) is 11.8 Å². The van der Waals surface area contributed by atoms with Crippen LogP contribution in [-0.4, -0.2) is 50.1 Å². The number of anilines is 1. The molecule has 1 unspecified atom stereocenters. The number of methoxy groups -OCH3 is 2. The molecule has 1 atom stereocenters. The smallest absolute Gasteiger partial charge is 0.257 e. The predicted octanol–water partition coefficient (Wildman–Crippen LogP) is 3.73. The zero-order chi connectivity index (χ0) is 21.1. The Morgan fingerprint density at radius 3 is 2.70 bits per heavy atom. The standard InChI is InChI=1S/C23H26N2O5/c1-28-20-8-6-15(13-21(20)29-2)22(26)24-16-7-9-19-18(14-16)23(27)25-11-4-3-5-17(25)10-12-30-19/h6-9,13-14,17H,3-5,10-12H2,1-2H3,(H,24,26). The highest BCUT2D eigenvalue weighted by Gasteiger charge is 2.31. The Balaban J connectivity index is 1.58. The van der Waals surface area contributed by atoms with Crippen molar-refractivity contribution in [1.29, 1.82) is 0 Å². The highest BCUT2D eigenvalue weighted by molar-refractivity contribution is 6.06. The summed E-state index contributed by atoms with van der Waals surface area (Å²) >= 11 is 0. The summed E-state index contributed by atoms with van der Waals surface area (Å²) in [6.45, 7) is 1.35. The number of ether oxygens (including phenoxy) is 3. The van der Waals surface area contributed by atoms with Crippen LogP contribution in [0.3, 0.4) is 0 Å². The summed E-state index contributed by atoms with van der Waals surface area (Å²) in [7, 11) is 3.07. The molecule has 2 aliphatic heterocycles. The molecule has 7 nitrogen and oxygen atoms in total. The van der Waals surface area contributed by atoms with Crippen LogP contribution in [0.2, 0.25) is 0 Å². The molecule has 0 bridgehead atoms. The van der Waals surface area contributed by atoms with Gasteiger partial charge in [0, 0.05) is 30.3 Å². The Bertz CT molecular complexity index is 959. The quantitative estimate of drug-likeness (QED) is 0.831. The van der Waals surface area contributed by atoms with Gasteiger partial charge in [-0.25, -0.2) is 0 Å². The lowest BCUT2D eigenvalue weighted by Gasteiger charge is -2.37. The molecule has 30 heavy (non-hydrogen) atoms. The van der Waals surface area contributed by atoms with Crippen molar-refractivity contribution in [2.24, 2.45) is 0 Å². The zero-order valence-corrected chi connectivity index (χ0v) is 17.3. The lowest BCUT2D eigenvalue weighted by atomic mass is 9.97. The molecule has 0 spiro atoms. The maximum atomic E-state index is 13.2. The molecule has 0 aliphatic carbocycles. The monoisotopic (exact) mass is 410 g/mol. The molecule has 2 heterocycles. The van der Waals surface area contributed by atoms with E-state index in [-0.39, 0.29) is 17.9 Å². The van der Waals surface area contributed by atoms with E-state index < -0.39 is 0 Å². The number of piperidine rings is 1. The normalized spacial score (nSPS) is 18.3. The van der Waals surface area contributed by atoms with E-state index in [0.717, 1.165) is 32.2 Å². The number of nitrogens with one attached hydrogen (secondary N) is 1. The van der Waals surface area contributed by atoms with Gasteiger partial charge in [-0.05, 0) is 55.7 Å². The minimum absolute atomic E-state index is 0.0309. The van der Waals surface area contributed by atoms with Gasteiger partial charge in [0.1, 0.15) is 5.75 Å². The highest BCUT2D eigenvalue weighted by atomic mass is 16.5. The molecule has 1 saturated heterocycles. The van der Waals surface area contributed by atoms with Gasteiger partial charge in [0.2, 0.25) is 0 Å². The Labute approximate surface area is 175 Å². The van der Waals surface area contributed by atoms with E-state index in [9.17, 15) is 9.59 Å². The first-order valence-electron chi connectivity index (χ1n) is 10.2. The van der Waals surface area contributed by atoms with E-state index in [1.165, 1.54) is 7.11 Å². The lowest BCUT2D eigenvalue weighted by molar-refractivity contribution is 0.0548. The van der Waals surface area contributed by atoms with Gasteiger partial charge in [-0.15, -0.1) is 0 Å². The molecule has 158 valence electrons. The lowest BCUT2D eigenvalue weighted by Crippen LogP contribution is -2.45. The Kier molecular flexibility index (Phi) is 5.79. The van der Waals surface area contributed by atoms with Crippen molar-refractivity contribution in [3.63, 3.8) is 0 Å². The van der Waals surface area contributed by atoms with Crippen molar-refractivity contribution < 1.29 is 23.8 Å². The van der Waals surface area contributed by atoms with E-state index in [1.54, 1.807) is 43.5 Å². The minimum Gasteiger partial charge on any atom is -0.493 e. The molecule has 2 aromatic rings. The van der Waals surface area contributed by atoms with E-state index >= 15 is 0 Å². The minimum atomic E-state index is -0.300. The van der Waals surface area contributed by atoms with Gasteiger partial charge >= 0.3 is 0 Å². The topological polar surface area (TPSA) is 77.1 Å². The zero-order valence-electron chi connectivity index (χ0n) is 17.3. The second-order valence-electron chi connectivity index (χ2n) is 7.52. The highest BCUT2D eigenvalue weighted by Crippen LogP contribution is 2.32. The molecular formula is C23H26N2O5. The van der Waals surface area contributed by atoms with Crippen LogP contribution in [-0.2, 0) is 0 Å². The van der Waals surface area contributed by atoms with E-state index in [1.807, 2.05) is 4.90 Å². The average molecular weight is 410 g/mol. The number of nitrogens with zero attached hydrogens (tertiary/aromatic N) is 1. The first kappa shape index (κ1) is 20.1. The van der Waals surface area contributed by atoms with Gasteiger partial charge < -0.3 is 24.4 Å². The van der Waals surface area contributed by atoms with Crippen LogP contribution < -0.4 is 19.5 Å². The molecule has 1 N–H and O–H groups in total. The third kappa shape index (κ3) is 3.92. The first-order chi connectivity index (χ1) is 14.6. The molecule has 0 saturated carbocycles. The Morgan fingerprint density at radius 1 is 1.07 bits per heavy atom. The summed E-state index contributed by atoms with van der Waals surface area (Å²) in [5.41, 5.74) is 1.46. The second kappa shape index (κ2) is 8.65. The summed E-state index contributed by atoms with van der Waals surface area (Å²) < 4.78 is 16.3. The summed E-state index contributed by atoms with van der Waals surface area (Å²) in [5, 5.41) is 2.86. The summed E-state index contributed by atoms with van der Waals surface area (Å²) in [5.74, 6) is 1.26. The van der Waals surface area contributed by atoms with Gasteiger partial charge in [0.05, 0.1) is 26.4 Å². The number of carbonyl (C=O) groups is 2. The third-order valence-electron chi connectivity index (χ3n) is 5.71. The molecule has 1 fully saturated rings. The molecule has 2 aliphatic rings. The molecule has 2 aromatic carbocycles. The number of benzene rings is 2. The van der Waals surface area contributed by atoms with Crippen LogP contribution in [0.5, 0.6) is 17.2 Å². The van der Waals surface area contributed by atoms with Gasteiger partial charge in [-0.3, -0.25) is 9.59 Å². The van der Waals surface area contributed by atoms with Gasteiger partial charge in [0.15, 0.2) is 11.5 Å². The molecule has 4 rings (SSSR count). The second-order valence-corrected chi connectivity index (χ2v) is 7.52. The molecular weight excluding hydrogens is 384 g/mol. The molecule has 2 amide bonds. The fourth-order valence-corrected chi connectivity index (χ4v) is 4.11. The van der Waals surface area contributed by atoms with Gasteiger partial charge in [-0.2, -0.15) is 0 Å². The maximum Gasteiger partial charge on any atom is 0.257 e. The van der Waals surface area contributed by atoms with Crippen molar-refractivity contribution >= 4 is 17.5 Å². The van der Waals surface area contributed by atoms with Crippen LogP contribution in [0.15, 0.2) is 36.4 Å². The maximum absolute atomic E-state index is 13.2. The Hall–Kier alpha value is -3.22. The van der Waals surface area contributed by atoms with Crippen LogP contribution >= 0.6 is 0 Å². The number of amides is 2. The SMILES string of the molecule is COc1ccc(C(=O)Nc2ccc3c(c2)C(=O)N2CCCCC2CCO3)cc1OC. The largest absolute Gasteiger partial charge is 0.493 e. The first-order valence-corrected chi connectivity index (χ1v) is 10.2. The fourth-order valence-electron chi connectivity index (χ4n) is 4.11. The van der Waals surface area contributed by atoms with Crippen molar-refractivity contribution in [3.8, 4) is 17.2 Å². The summed E-state index contributed by atoms with van der Waals surface area (Å²) in [4.78, 5) is 27.9. The van der Waals surface area contributed by atoms with Crippen LogP contribution in [0, 0.1) is 0 Å². The van der Waals surface area contributed by atoms with Crippen LogP contribution in [0.25, 0.3) is 0 Å². The third-order valence-corrected chi connectivity index (χ3v) is 5.71. The van der Waals surface area contributed by atoms with Crippen molar-refractivity contribution in [3.05, 3.63) is 47.5 Å².